The lowest BCUT2D eigenvalue weighted by Gasteiger charge is -2.25. The summed E-state index contributed by atoms with van der Waals surface area (Å²) >= 11 is 12.0. The van der Waals surface area contributed by atoms with E-state index in [2.05, 4.69) is 5.32 Å². The van der Waals surface area contributed by atoms with E-state index in [0.717, 1.165) is 10.5 Å². The molecule has 1 fully saturated rings. The number of imide groups is 1. The summed E-state index contributed by atoms with van der Waals surface area (Å²) in [6.45, 7) is -0.613. The van der Waals surface area contributed by atoms with E-state index < -0.39 is 36.4 Å². The summed E-state index contributed by atoms with van der Waals surface area (Å²) in [7, 11) is 0. The molecule has 7 nitrogen and oxygen atoms in total. The number of anilines is 1. The van der Waals surface area contributed by atoms with Gasteiger partial charge in [0.2, 0.25) is 11.8 Å². The number of benzene rings is 2. The molecule has 9 heteroatoms. The van der Waals surface area contributed by atoms with Crippen LogP contribution in [0.2, 0.25) is 10.0 Å². The molecule has 176 valence electrons. The molecule has 2 aromatic carbocycles. The number of halogens is 2. The molecular formula is C25H22Cl2N2O5. The molecule has 1 aliphatic heterocycles. The highest BCUT2D eigenvalue weighted by molar-refractivity contribution is 6.44. The summed E-state index contributed by atoms with van der Waals surface area (Å²) in [5.74, 6) is -3.18. The predicted octanol–water partition coefficient (Wildman–Crippen LogP) is 4.04. The first-order chi connectivity index (χ1) is 16.4. The number of carbonyl (C=O) groups excluding carboxylic acids is 4. The van der Waals surface area contributed by atoms with Crippen LogP contribution in [0.4, 0.5) is 5.69 Å². The molecule has 1 heterocycles. The molecule has 34 heavy (non-hydrogen) atoms. The van der Waals surface area contributed by atoms with Gasteiger partial charge < -0.3 is 10.1 Å². The molecule has 2 aromatic rings. The number of carbonyl (C=O) groups is 4. The van der Waals surface area contributed by atoms with Crippen molar-refractivity contribution in [2.45, 2.75) is 25.3 Å². The Bertz CT molecular complexity index is 1130. The Morgan fingerprint density at radius 2 is 1.62 bits per heavy atom. The second-order valence-electron chi connectivity index (χ2n) is 8.17. The molecule has 0 bridgehead atoms. The summed E-state index contributed by atoms with van der Waals surface area (Å²) in [5, 5.41) is 2.96. The zero-order valence-electron chi connectivity index (χ0n) is 18.1. The zero-order chi connectivity index (χ0) is 24.2. The summed E-state index contributed by atoms with van der Waals surface area (Å²) in [6.07, 6.45) is 4.77. The topological polar surface area (TPSA) is 92.8 Å². The van der Waals surface area contributed by atoms with Crippen LogP contribution >= 0.6 is 23.2 Å². The molecule has 0 aromatic heterocycles. The Morgan fingerprint density at radius 1 is 0.971 bits per heavy atom. The van der Waals surface area contributed by atoms with Gasteiger partial charge in [0.15, 0.2) is 6.61 Å². The average Bonchev–Trinajstić information content (AvgIpc) is 3.09. The Labute approximate surface area is 206 Å². The van der Waals surface area contributed by atoms with Crippen molar-refractivity contribution in [1.82, 2.24) is 4.90 Å². The SMILES string of the molecule is O=C(COC(=O)[C@H](Cc1ccccc1)N1C(=O)[C@@H]2CC=CC[C@H]2C1=O)Nc1cccc(Cl)c1Cl. The highest BCUT2D eigenvalue weighted by atomic mass is 35.5. The largest absolute Gasteiger partial charge is 0.454 e. The fourth-order valence-corrected chi connectivity index (χ4v) is 4.62. The van der Waals surface area contributed by atoms with Crippen molar-refractivity contribution in [3.05, 3.63) is 76.3 Å². The Hall–Kier alpha value is -3.16. The number of amides is 3. The fraction of sp³-hybridized carbons (Fsp3) is 0.280. The number of nitrogens with zero attached hydrogens (tertiary/aromatic N) is 1. The Kier molecular flexibility index (Phi) is 7.34. The third-order valence-electron chi connectivity index (χ3n) is 5.97. The molecule has 0 radical (unpaired) electrons. The fourth-order valence-electron chi connectivity index (χ4n) is 4.27. The number of likely N-dealkylation sites (tertiary alicyclic amines) is 1. The minimum atomic E-state index is -1.17. The summed E-state index contributed by atoms with van der Waals surface area (Å²) < 4.78 is 5.25. The van der Waals surface area contributed by atoms with Crippen LogP contribution in [0.1, 0.15) is 18.4 Å². The highest BCUT2D eigenvalue weighted by Gasteiger charge is 2.51. The maximum absolute atomic E-state index is 13.1. The number of esters is 1. The van der Waals surface area contributed by atoms with Crippen molar-refractivity contribution in [2.75, 3.05) is 11.9 Å². The van der Waals surface area contributed by atoms with E-state index in [4.69, 9.17) is 27.9 Å². The molecular weight excluding hydrogens is 479 g/mol. The standard InChI is InChI=1S/C25H22Cl2N2O5/c26-18-11-6-12-19(22(18)27)28-21(30)14-34-25(33)20(13-15-7-2-1-3-8-15)29-23(31)16-9-4-5-10-17(16)24(29)32/h1-8,11-12,16-17,20H,9-10,13-14H2,(H,28,30)/t16-,17-,20+/m1/s1. The first-order valence-electron chi connectivity index (χ1n) is 10.8. The van der Waals surface area contributed by atoms with Crippen LogP contribution in [-0.4, -0.2) is 41.2 Å². The smallest absolute Gasteiger partial charge is 0.330 e. The lowest BCUT2D eigenvalue weighted by atomic mass is 9.85. The third kappa shape index (κ3) is 5.00. The number of hydrogen-bond donors (Lipinski definition) is 1. The van der Waals surface area contributed by atoms with Crippen molar-refractivity contribution in [3.63, 3.8) is 0 Å². The summed E-state index contributed by atoms with van der Waals surface area (Å²) in [4.78, 5) is 52.7. The van der Waals surface area contributed by atoms with Gasteiger partial charge in [0.05, 0.1) is 27.6 Å². The van der Waals surface area contributed by atoms with Crippen LogP contribution in [0, 0.1) is 11.8 Å². The quantitative estimate of drug-likeness (QED) is 0.351. The lowest BCUT2D eigenvalue weighted by Crippen LogP contribution is -2.48. The maximum atomic E-state index is 13.1. The van der Waals surface area contributed by atoms with Gasteiger partial charge >= 0.3 is 5.97 Å². The molecule has 0 spiro atoms. The van der Waals surface area contributed by atoms with Crippen molar-refractivity contribution >= 4 is 52.6 Å². The molecule has 1 aliphatic carbocycles. The highest BCUT2D eigenvalue weighted by Crippen LogP contribution is 2.37. The van der Waals surface area contributed by atoms with Gasteiger partial charge in [0.1, 0.15) is 6.04 Å². The molecule has 0 unspecified atom stereocenters. The average molecular weight is 501 g/mol. The molecule has 4 rings (SSSR count). The Morgan fingerprint density at radius 3 is 2.26 bits per heavy atom. The number of fused-ring (bicyclic) bond motifs is 1. The first kappa shape index (κ1) is 24.0. The van der Waals surface area contributed by atoms with Gasteiger partial charge in [-0.3, -0.25) is 19.3 Å². The van der Waals surface area contributed by atoms with Gasteiger partial charge in [-0.15, -0.1) is 0 Å². The van der Waals surface area contributed by atoms with E-state index in [0.29, 0.717) is 12.8 Å². The second-order valence-corrected chi connectivity index (χ2v) is 8.95. The third-order valence-corrected chi connectivity index (χ3v) is 6.79. The van der Waals surface area contributed by atoms with Crippen molar-refractivity contribution in [1.29, 1.82) is 0 Å². The van der Waals surface area contributed by atoms with Crippen LogP contribution < -0.4 is 5.32 Å². The number of ether oxygens (including phenoxy) is 1. The molecule has 2 aliphatic rings. The predicted molar refractivity (Wildman–Crippen MR) is 127 cm³/mol. The van der Waals surface area contributed by atoms with Crippen molar-refractivity contribution in [2.24, 2.45) is 11.8 Å². The molecule has 1 saturated heterocycles. The lowest BCUT2D eigenvalue weighted by molar-refractivity contribution is -0.159. The van der Waals surface area contributed by atoms with Gasteiger partial charge in [-0.25, -0.2) is 4.79 Å². The van der Waals surface area contributed by atoms with Gasteiger partial charge in [-0.1, -0.05) is 71.8 Å². The van der Waals surface area contributed by atoms with E-state index in [-0.39, 0.29) is 34.0 Å². The summed E-state index contributed by atoms with van der Waals surface area (Å²) in [6, 6.07) is 12.6. The van der Waals surface area contributed by atoms with Crippen molar-refractivity contribution in [3.8, 4) is 0 Å². The zero-order valence-corrected chi connectivity index (χ0v) is 19.6. The minimum absolute atomic E-state index is 0.0890. The van der Waals surface area contributed by atoms with Gasteiger partial charge in [-0.2, -0.15) is 0 Å². The van der Waals surface area contributed by atoms with E-state index in [1.54, 1.807) is 42.5 Å². The second kappa shape index (κ2) is 10.4. The van der Waals surface area contributed by atoms with Gasteiger partial charge in [0, 0.05) is 6.42 Å². The van der Waals surface area contributed by atoms with E-state index in [1.807, 2.05) is 18.2 Å². The number of rotatable bonds is 7. The monoisotopic (exact) mass is 500 g/mol. The number of allylic oxidation sites excluding steroid dienone is 2. The van der Waals surface area contributed by atoms with Gasteiger partial charge in [-0.05, 0) is 30.5 Å². The first-order valence-corrected chi connectivity index (χ1v) is 11.6. The van der Waals surface area contributed by atoms with E-state index in [9.17, 15) is 19.2 Å². The van der Waals surface area contributed by atoms with Crippen LogP contribution in [0.15, 0.2) is 60.7 Å². The van der Waals surface area contributed by atoms with Crippen LogP contribution in [0.5, 0.6) is 0 Å². The number of hydrogen-bond acceptors (Lipinski definition) is 5. The normalized spacial score (nSPS) is 20.1. The summed E-state index contributed by atoms with van der Waals surface area (Å²) in [5.41, 5.74) is 1.03. The minimum Gasteiger partial charge on any atom is -0.454 e. The Balaban J connectivity index is 1.49. The molecule has 3 amide bonds. The van der Waals surface area contributed by atoms with Crippen molar-refractivity contribution < 1.29 is 23.9 Å². The molecule has 0 saturated carbocycles. The molecule has 1 N–H and O–H groups in total. The van der Waals surface area contributed by atoms with Crippen LogP contribution in [0.3, 0.4) is 0 Å². The molecule has 3 atom stereocenters. The van der Waals surface area contributed by atoms with Crippen LogP contribution in [0.25, 0.3) is 0 Å². The maximum Gasteiger partial charge on any atom is 0.330 e. The van der Waals surface area contributed by atoms with Gasteiger partial charge in [0.25, 0.3) is 5.91 Å². The van der Waals surface area contributed by atoms with E-state index >= 15 is 0 Å². The van der Waals surface area contributed by atoms with Crippen LogP contribution in [-0.2, 0) is 30.3 Å². The van der Waals surface area contributed by atoms with E-state index in [1.165, 1.54) is 0 Å². The number of nitrogens with one attached hydrogen (secondary N) is 1.